The quantitative estimate of drug-likeness (QED) is 0.864. The van der Waals surface area contributed by atoms with Crippen LogP contribution in [0.25, 0.3) is 0 Å². The Labute approximate surface area is 123 Å². The summed E-state index contributed by atoms with van der Waals surface area (Å²) in [5, 5.41) is 4.64. The molecule has 0 atom stereocenters. The molecular weight excluding hydrogens is 281 g/mol. The zero-order valence-corrected chi connectivity index (χ0v) is 12.3. The van der Waals surface area contributed by atoms with E-state index in [9.17, 15) is 0 Å². The van der Waals surface area contributed by atoms with Gasteiger partial charge in [-0.1, -0.05) is 41.4 Å². The van der Waals surface area contributed by atoms with Crippen LogP contribution in [0.3, 0.4) is 0 Å². The van der Waals surface area contributed by atoms with Crippen LogP contribution in [0.5, 0.6) is 5.75 Å². The van der Waals surface area contributed by atoms with Crippen molar-refractivity contribution in [2.24, 2.45) is 0 Å². The first-order valence-corrected chi connectivity index (χ1v) is 6.69. The summed E-state index contributed by atoms with van der Waals surface area (Å²) in [6.07, 6.45) is 0. The van der Waals surface area contributed by atoms with Crippen molar-refractivity contribution in [3.05, 3.63) is 57.6 Å². The molecule has 0 aliphatic rings. The summed E-state index contributed by atoms with van der Waals surface area (Å²) in [6.45, 7) is 2.56. The minimum absolute atomic E-state index is 0.628. The van der Waals surface area contributed by atoms with Gasteiger partial charge in [0.15, 0.2) is 0 Å². The molecule has 0 unspecified atom stereocenters. The van der Waals surface area contributed by atoms with Gasteiger partial charge in [0.1, 0.15) is 5.75 Å². The fourth-order valence-corrected chi connectivity index (χ4v) is 2.27. The molecule has 0 aliphatic carbocycles. The van der Waals surface area contributed by atoms with Crippen LogP contribution in [0.15, 0.2) is 36.4 Å². The summed E-state index contributed by atoms with van der Waals surface area (Å²) < 4.78 is 5.31. The predicted molar refractivity (Wildman–Crippen MR) is 81.5 cm³/mol. The first-order chi connectivity index (χ1) is 9.11. The lowest BCUT2D eigenvalue weighted by molar-refractivity contribution is 0.410. The number of aryl methyl sites for hydroxylation is 1. The van der Waals surface area contributed by atoms with Crippen LogP contribution in [0.4, 0.5) is 5.69 Å². The summed E-state index contributed by atoms with van der Waals surface area (Å²) in [5.41, 5.74) is 2.86. The van der Waals surface area contributed by atoms with Gasteiger partial charge in [0, 0.05) is 17.1 Å². The molecule has 0 saturated carbocycles. The fourth-order valence-electron chi connectivity index (χ4n) is 1.82. The molecule has 0 aromatic heterocycles. The zero-order valence-electron chi connectivity index (χ0n) is 10.8. The van der Waals surface area contributed by atoms with E-state index in [0.29, 0.717) is 16.6 Å². The van der Waals surface area contributed by atoms with Crippen molar-refractivity contribution >= 4 is 28.9 Å². The highest BCUT2D eigenvalue weighted by Gasteiger charge is 2.06. The number of hydrogen-bond acceptors (Lipinski definition) is 2. The normalized spacial score (nSPS) is 10.3. The molecule has 4 heteroatoms. The van der Waals surface area contributed by atoms with Gasteiger partial charge in [-0.3, -0.25) is 0 Å². The number of halogens is 2. The highest BCUT2D eigenvalue weighted by molar-refractivity contribution is 6.35. The van der Waals surface area contributed by atoms with Crippen molar-refractivity contribution in [3.63, 3.8) is 0 Å². The van der Waals surface area contributed by atoms with Gasteiger partial charge in [0.05, 0.1) is 17.8 Å². The third-order valence-corrected chi connectivity index (χ3v) is 3.63. The van der Waals surface area contributed by atoms with Crippen molar-refractivity contribution in [2.75, 3.05) is 12.4 Å². The van der Waals surface area contributed by atoms with Gasteiger partial charge in [0.25, 0.3) is 0 Å². The maximum Gasteiger partial charge on any atom is 0.123 e. The number of nitrogens with one attached hydrogen (secondary N) is 1. The van der Waals surface area contributed by atoms with Crippen molar-refractivity contribution in [3.8, 4) is 5.75 Å². The van der Waals surface area contributed by atoms with E-state index >= 15 is 0 Å². The molecule has 0 saturated heterocycles. The second kappa shape index (κ2) is 6.18. The van der Waals surface area contributed by atoms with E-state index in [1.54, 1.807) is 7.11 Å². The van der Waals surface area contributed by atoms with Crippen LogP contribution in [-0.2, 0) is 6.54 Å². The van der Waals surface area contributed by atoms with Crippen molar-refractivity contribution < 1.29 is 4.74 Å². The average Bonchev–Trinajstić information content (AvgIpc) is 2.41. The van der Waals surface area contributed by atoms with Crippen LogP contribution >= 0.6 is 23.2 Å². The van der Waals surface area contributed by atoms with E-state index in [2.05, 4.69) is 5.32 Å². The zero-order chi connectivity index (χ0) is 13.8. The van der Waals surface area contributed by atoms with E-state index in [4.69, 9.17) is 27.9 Å². The lowest BCUT2D eigenvalue weighted by Gasteiger charge is -2.12. The molecule has 0 fully saturated rings. The Kier molecular flexibility index (Phi) is 4.56. The van der Waals surface area contributed by atoms with Crippen LogP contribution in [0.2, 0.25) is 10.0 Å². The lowest BCUT2D eigenvalue weighted by atomic mass is 10.2. The van der Waals surface area contributed by atoms with Gasteiger partial charge < -0.3 is 10.1 Å². The van der Waals surface area contributed by atoms with E-state index in [-0.39, 0.29) is 0 Å². The molecule has 0 aliphatic heterocycles. The second-order valence-electron chi connectivity index (χ2n) is 4.25. The highest BCUT2D eigenvalue weighted by atomic mass is 35.5. The molecule has 2 rings (SSSR count). The van der Waals surface area contributed by atoms with Crippen LogP contribution < -0.4 is 10.1 Å². The van der Waals surface area contributed by atoms with Crippen LogP contribution in [-0.4, -0.2) is 7.11 Å². The molecular formula is C15H15Cl2NO. The van der Waals surface area contributed by atoms with Crippen molar-refractivity contribution in [1.29, 1.82) is 0 Å². The Balaban J connectivity index is 2.17. The van der Waals surface area contributed by atoms with Gasteiger partial charge in [-0.15, -0.1) is 0 Å². The summed E-state index contributed by atoms with van der Waals surface area (Å²) >= 11 is 12.3. The number of hydrogen-bond donors (Lipinski definition) is 1. The summed E-state index contributed by atoms with van der Waals surface area (Å²) in [7, 11) is 1.66. The Morgan fingerprint density at radius 1 is 1.11 bits per heavy atom. The number of anilines is 1. The number of para-hydroxylation sites is 1. The average molecular weight is 296 g/mol. The summed E-state index contributed by atoms with van der Waals surface area (Å²) in [6, 6.07) is 11.6. The van der Waals surface area contributed by atoms with E-state index < -0.39 is 0 Å². The Morgan fingerprint density at radius 3 is 2.58 bits per heavy atom. The maximum atomic E-state index is 6.19. The van der Waals surface area contributed by atoms with Crippen LogP contribution in [0, 0.1) is 6.92 Å². The highest BCUT2D eigenvalue weighted by Crippen LogP contribution is 2.29. The maximum absolute atomic E-state index is 6.19. The Bertz CT molecular complexity index is 584. The minimum atomic E-state index is 0.628. The third-order valence-electron chi connectivity index (χ3n) is 2.91. The number of methoxy groups -OCH3 is 1. The predicted octanol–water partition coefficient (Wildman–Crippen LogP) is 4.92. The fraction of sp³-hybridized carbons (Fsp3) is 0.200. The Morgan fingerprint density at radius 2 is 1.84 bits per heavy atom. The number of ether oxygens (including phenoxy) is 1. The second-order valence-corrected chi connectivity index (χ2v) is 5.06. The summed E-state index contributed by atoms with van der Waals surface area (Å²) in [5.74, 6) is 0.851. The number of benzene rings is 2. The molecule has 2 aromatic rings. The van der Waals surface area contributed by atoms with E-state index in [1.807, 2.05) is 43.3 Å². The largest absolute Gasteiger partial charge is 0.496 e. The molecule has 100 valence electrons. The molecule has 19 heavy (non-hydrogen) atoms. The monoisotopic (exact) mass is 295 g/mol. The first-order valence-electron chi connectivity index (χ1n) is 5.93. The third kappa shape index (κ3) is 3.34. The topological polar surface area (TPSA) is 21.3 Å². The summed E-state index contributed by atoms with van der Waals surface area (Å²) in [4.78, 5) is 0. The minimum Gasteiger partial charge on any atom is -0.496 e. The van der Waals surface area contributed by atoms with Gasteiger partial charge in [-0.25, -0.2) is 0 Å². The van der Waals surface area contributed by atoms with Crippen LogP contribution in [0.1, 0.15) is 11.1 Å². The van der Waals surface area contributed by atoms with Crippen molar-refractivity contribution in [2.45, 2.75) is 13.5 Å². The molecule has 2 nitrogen and oxygen atoms in total. The standard InChI is InChI=1S/C15H15Cl2NO/c1-10-7-13(17)14(8-12(10)16)18-9-11-5-3-4-6-15(11)19-2/h3-8,18H,9H2,1-2H3. The molecule has 2 aromatic carbocycles. The van der Waals surface area contributed by atoms with Gasteiger partial charge in [0.2, 0.25) is 0 Å². The van der Waals surface area contributed by atoms with E-state index in [1.165, 1.54) is 0 Å². The number of rotatable bonds is 4. The Hall–Kier alpha value is -1.38. The molecule has 0 heterocycles. The molecule has 0 amide bonds. The molecule has 1 N–H and O–H groups in total. The molecule has 0 bridgehead atoms. The molecule has 0 radical (unpaired) electrons. The van der Waals surface area contributed by atoms with Gasteiger partial charge in [-0.2, -0.15) is 0 Å². The van der Waals surface area contributed by atoms with Gasteiger partial charge in [-0.05, 0) is 30.7 Å². The van der Waals surface area contributed by atoms with Crippen molar-refractivity contribution in [1.82, 2.24) is 0 Å². The first kappa shape index (κ1) is 14.0. The lowest BCUT2D eigenvalue weighted by Crippen LogP contribution is -2.02. The van der Waals surface area contributed by atoms with E-state index in [0.717, 1.165) is 22.6 Å². The SMILES string of the molecule is COc1ccccc1CNc1cc(Cl)c(C)cc1Cl. The van der Waals surface area contributed by atoms with Gasteiger partial charge >= 0.3 is 0 Å². The smallest absolute Gasteiger partial charge is 0.123 e. The molecule has 0 spiro atoms.